The van der Waals surface area contributed by atoms with Gasteiger partial charge in [0.05, 0.1) is 7.11 Å². The van der Waals surface area contributed by atoms with E-state index >= 15 is 0 Å². The molecule has 0 saturated carbocycles. The van der Waals surface area contributed by atoms with Gasteiger partial charge in [-0.05, 0) is 42.2 Å². The summed E-state index contributed by atoms with van der Waals surface area (Å²) in [4.78, 5) is 7.90. The lowest BCUT2D eigenvalue weighted by atomic mass is 9.74. The third kappa shape index (κ3) is 5.32. The van der Waals surface area contributed by atoms with Crippen molar-refractivity contribution < 1.29 is 27.4 Å². The van der Waals surface area contributed by atoms with Crippen LogP contribution in [0.15, 0.2) is 42.6 Å². The number of β-amino-alcohol motifs (C(OH)–C–C–N with tert-alkyl or cyclic N) is 1. The fraction of sp³-hybridized carbons (Fsp3) is 0.522. The number of alkyl halides is 3. The van der Waals surface area contributed by atoms with Crippen molar-refractivity contribution in [3.05, 3.63) is 54.0 Å². The Labute approximate surface area is 185 Å². The maximum Gasteiger partial charge on any atom is 0.418 e. The molecular weight excluding hydrogens is 426 g/mol. The van der Waals surface area contributed by atoms with Gasteiger partial charge in [0, 0.05) is 44.5 Å². The number of hydrogen-bond donors (Lipinski definition) is 1. The first kappa shape index (κ1) is 24.3. The molecule has 0 amide bonds. The summed E-state index contributed by atoms with van der Waals surface area (Å²) in [6.45, 7) is 4.28. The van der Waals surface area contributed by atoms with Crippen LogP contribution in [0, 0.1) is 5.82 Å². The molecule has 1 saturated heterocycles. The van der Waals surface area contributed by atoms with Crippen LogP contribution in [0.2, 0.25) is 0 Å². The molecule has 0 radical (unpaired) electrons. The van der Waals surface area contributed by atoms with Crippen molar-refractivity contribution in [1.29, 1.82) is 0 Å². The molecule has 2 heterocycles. The molecule has 1 fully saturated rings. The first-order valence-electron chi connectivity index (χ1n) is 10.5. The number of halogens is 4. The van der Waals surface area contributed by atoms with Crippen LogP contribution in [0.5, 0.6) is 5.75 Å². The van der Waals surface area contributed by atoms with Crippen molar-refractivity contribution in [3.8, 4) is 5.75 Å². The van der Waals surface area contributed by atoms with Crippen LogP contribution in [0.3, 0.4) is 0 Å². The molecule has 0 bridgehead atoms. The van der Waals surface area contributed by atoms with E-state index in [0.29, 0.717) is 26.2 Å². The van der Waals surface area contributed by atoms with Crippen LogP contribution < -0.4 is 9.64 Å². The maximum absolute atomic E-state index is 14.1. The van der Waals surface area contributed by atoms with E-state index in [1.165, 1.54) is 25.3 Å². The highest BCUT2D eigenvalue weighted by molar-refractivity contribution is 5.40. The summed E-state index contributed by atoms with van der Waals surface area (Å²) in [5.41, 5.74) is -3.89. The Morgan fingerprint density at radius 1 is 1.06 bits per heavy atom. The number of rotatable bonds is 7. The van der Waals surface area contributed by atoms with Gasteiger partial charge in [0.2, 0.25) is 0 Å². The minimum absolute atomic E-state index is 0.280. The van der Waals surface area contributed by atoms with Crippen molar-refractivity contribution in [2.75, 3.05) is 44.7 Å². The number of ether oxygens (including phenoxy) is 1. The summed E-state index contributed by atoms with van der Waals surface area (Å²) in [5, 5.41) is 10.9. The summed E-state index contributed by atoms with van der Waals surface area (Å²) in [7, 11) is 1.38. The summed E-state index contributed by atoms with van der Waals surface area (Å²) in [5.74, 6) is 0.484. The number of benzene rings is 1. The molecule has 0 spiro atoms. The number of hydrogen-bond acceptors (Lipinski definition) is 5. The van der Waals surface area contributed by atoms with Gasteiger partial charge >= 0.3 is 6.18 Å². The van der Waals surface area contributed by atoms with Crippen molar-refractivity contribution >= 4 is 5.82 Å². The van der Waals surface area contributed by atoms with Crippen LogP contribution in [-0.2, 0) is 5.41 Å². The molecule has 1 aromatic carbocycles. The van der Waals surface area contributed by atoms with Crippen LogP contribution in [0.25, 0.3) is 0 Å². The molecule has 1 unspecified atom stereocenters. The van der Waals surface area contributed by atoms with Gasteiger partial charge in [-0.1, -0.05) is 19.9 Å². The molecule has 9 heteroatoms. The van der Waals surface area contributed by atoms with Crippen LogP contribution in [0.1, 0.15) is 25.8 Å². The number of anilines is 1. The zero-order valence-electron chi connectivity index (χ0n) is 18.5. The average molecular weight is 455 g/mol. The standard InChI is InChI=1S/C23H29F4N3O2/c1-21(2,18-14-17(24)7-8-19(18)32-3)15-22(31,23(25,26)27)16-29-10-12-30(13-11-29)20-6-4-5-9-28-20/h4-9,14,31H,10-13,15-16H2,1-3H3. The molecule has 2 aromatic rings. The molecule has 3 rings (SSSR count). The van der Waals surface area contributed by atoms with Gasteiger partial charge in [-0.3, -0.25) is 4.90 Å². The highest BCUT2D eigenvalue weighted by Gasteiger charge is 2.57. The fourth-order valence-electron chi connectivity index (χ4n) is 4.33. The van der Waals surface area contributed by atoms with Gasteiger partial charge in [0.1, 0.15) is 17.4 Å². The monoisotopic (exact) mass is 455 g/mol. The quantitative estimate of drug-likeness (QED) is 0.640. The number of piperazine rings is 1. The zero-order chi connectivity index (χ0) is 23.6. The van der Waals surface area contributed by atoms with E-state index in [9.17, 15) is 22.7 Å². The number of aliphatic hydroxyl groups is 1. The maximum atomic E-state index is 14.1. The van der Waals surface area contributed by atoms with Gasteiger partial charge in [0.25, 0.3) is 0 Å². The molecule has 0 aliphatic carbocycles. The number of aromatic nitrogens is 1. The molecule has 1 aliphatic rings. The second-order valence-electron chi connectivity index (χ2n) is 8.89. The SMILES string of the molecule is COc1ccc(F)cc1C(C)(C)CC(O)(CN1CCN(c2ccccn2)CC1)C(F)(F)F. The predicted octanol–water partition coefficient (Wildman–Crippen LogP) is 4.01. The van der Waals surface area contributed by atoms with E-state index < -0.39 is 36.0 Å². The van der Waals surface area contributed by atoms with E-state index in [2.05, 4.69) is 4.98 Å². The van der Waals surface area contributed by atoms with Gasteiger partial charge in [-0.25, -0.2) is 9.37 Å². The van der Waals surface area contributed by atoms with Gasteiger partial charge in [0.15, 0.2) is 5.60 Å². The molecule has 1 aromatic heterocycles. The molecule has 1 aliphatic heterocycles. The fourth-order valence-corrected chi connectivity index (χ4v) is 4.33. The Kier molecular flexibility index (Phi) is 7.00. The smallest absolute Gasteiger partial charge is 0.418 e. The second-order valence-corrected chi connectivity index (χ2v) is 8.89. The first-order valence-corrected chi connectivity index (χ1v) is 10.5. The lowest BCUT2D eigenvalue weighted by Crippen LogP contribution is -2.59. The highest BCUT2D eigenvalue weighted by Crippen LogP contribution is 2.44. The molecule has 1 N–H and O–H groups in total. The van der Waals surface area contributed by atoms with Crippen molar-refractivity contribution in [2.45, 2.75) is 37.5 Å². The average Bonchev–Trinajstić information content (AvgIpc) is 2.73. The van der Waals surface area contributed by atoms with Gasteiger partial charge in [-0.15, -0.1) is 0 Å². The second kappa shape index (κ2) is 9.23. The van der Waals surface area contributed by atoms with Crippen molar-refractivity contribution in [3.63, 3.8) is 0 Å². The topological polar surface area (TPSA) is 48.8 Å². The molecule has 5 nitrogen and oxygen atoms in total. The molecule has 1 atom stereocenters. The van der Waals surface area contributed by atoms with E-state index in [0.717, 1.165) is 5.82 Å². The van der Waals surface area contributed by atoms with Crippen molar-refractivity contribution in [1.82, 2.24) is 9.88 Å². The minimum atomic E-state index is -4.86. The normalized spacial score (nSPS) is 17.8. The van der Waals surface area contributed by atoms with E-state index in [4.69, 9.17) is 4.74 Å². The molecule has 32 heavy (non-hydrogen) atoms. The van der Waals surface area contributed by atoms with E-state index in [-0.39, 0.29) is 11.3 Å². The Morgan fingerprint density at radius 2 is 1.75 bits per heavy atom. The molecule has 176 valence electrons. The Bertz CT molecular complexity index is 900. The molecular formula is C23H29F4N3O2. The summed E-state index contributed by atoms with van der Waals surface area (Å²) in [6, 6.07) is 9.27. The third-order valence-corrected chi connectivity index (χ3v) is 5.98. The lowest BCUT2D eigenvalue weighted by molar-refractivity contribution is -0.271. The van der Waals surface area contributed by atoms with Crippen LogP contribution in [0.4, 0.5) is 23.4 Å². The highest BCUT2D eigenvalue weighted by atomic mass is 19.4. The Hall–Kier alpha value is -2.39. The van der Waals surface area contributed by atoms with Crippen LogP contribution in [-0.4, -0.2) is 66.6 Å². The van der Waals surface area contributed by atoms with Gasteiger partial charge < -0.3 is 14.7 Å². The third-order valence-electron chi connectivity index (χ3n) is 5.98. The number of pyridine rings is 1. The van der Waals surface area contributed by atoms with Crippen LogP contribution >= 0.6 is 0 Å². The predicted molar refractivity (Wildman–Crippen MR) is 114 cm³/mol. The summed E-state index contributed by atoms with van der Waals surface area (Å²) < 4.78 is 61.4. The zero-order valence-corrected chi connectivity index (χ0v) is 18.5. The Morgan fingerprint density at radius 3 is 2.31 bits per heavy atom. The van der Waals surface area contributed by atoms with E-state index in [1.807, 2.05) is 17.0 Å². The Balaban J connectivity index is 1.77. The van der Waals surface area contributed by atoms with Gasteiger partial charge in [-0.2, -0.15) is 13.2 Å². The summed E-state index contributed by atoms with van der Waals surface area (Å²) in [6.07, 6.45) is -3.82. The lowest BCUT2D eigenvalue weighted by Gasteiger charge is -2.43. The van der Waals surface area contributed by atoms with E-state index in [1.54, 1.807) is 31.0 Å². The van der Waals surface area contributed by atoms with Crippen molar-refractivity contribution in [2.24, 2.45) is 0 Å². The minimum Gasteiger partial charge on any atom is -0.496 e. The largest absolute Gasteiger partial charge is 0.496 e. The first-order chi connectivity index (χ1) is 14.9. The summed E-state index contributed by atoms with van der Waals surface area (Å²) >= 11 is 0. The number of methoxy groups -OCH3 is 1. The number of nitrogens with zero attached hydrogens (tertiary/aromatic N) is 3.